The van der Waals surface area contributed by atoms with Gasteiger partial charge >= 0.3 is 0 Å². The topological polar surface area (TPSA) is 106 Å². The van der Waals surface area contributed by atoms with E-state index in [1.54, 1.807) is 19.9 Å². The largest absolute Gasteiger partial charge is 0.398 e. The van der Waals surface area contributed by atoms with E-state index >= 15 is 0 Å². The fourth-order valence-corrected chi connectivity index (χ4v) is 3.53. The summed E-state index contributed by atoms with van der Waals surface area (Å²) in [5.74, 6) is -0.694. The van der Waals surface area contributed by atoms with Crippen LogP contribution < -0.4 is 11.5 Å². The van der Waals surface area contributed by atoms with Crippen LogP contribution in [0.2, 0.25) is 0 Å². The Bertz CT molecular complexity index is 597. The number of primary amides is 1. The summed E-state index contributed by atoms with van der Waals surface area (Å²) < 4.78 is 26.1. The third-order valence-corrected chi connectivity index (χ3v) is 5.01. The number of hydrogen-bond donors (Lipinski definition) is 2. The lowest BCUT2D eigenvalue weighted by Gasteiger charge is -2.24. The lowest BCUT2D eigenvalue weighted by molar-refractivity contribution is -0.118. The first-order valence-electron chi connectivity index (χ1n) is 6.38. The Labute approximate surface area is 119 Å². The van der Waals surface area contributed by atoms with Crippen LogP contribution in [0.25, 0.3) is 0 Å². The molecule has 0 heterocycles. The highest BCUT2D eigenvalue weighted by atomic mass is 32.2. The molecule has 7 heteroatoms. The molecule has 0 radical (unpaired) electrons. The van der Waals surface area contributed by atoms with E-state index in [9.17, 15) is 13.2 Å². The third kappa shape index (κ3) is 3.49. The molecule has 0 aromatic heterocycles. The Morgan fingerprint density at radius 2 is 1.95 bits per heavy atom. The highest BCUT2D eigenvalue weighted by Crippen LogP contribution is 2.22. The van der Waals surface area contributed by atoms with E-state index < -0.39 is 15.9 Å². The van der Waals surface area contributed by atoms with Gasteiger partial charge in [-0.2, -0.15) is 4.31 Å². The molecule has 6 nitrogen and oxygen atoms in total. The van der Waals surface area contributed by atoms with Crippen molar-refractivity contribution < 1.29 is 13.2 Å². The van der Waals surface area contributed by atoms with Gasteiger partial charge in [-0.1, -0.05) is 13.0 Å². The normalized spacial score (nSPS) is 12.1. The molecule has 20 heavy (non-hydrogen) atoms. The standard InChI is InChI=1S/C13H21N3O3S/c1-4-10-5-6-11(7-12(10)14)20(18,19)16(9(2)3)8-13(15)17/h5-7,9H,4,8,14H2,1-3H3,(H2,15,17). The summed E-state index contributed by atoms with van der Waals surface area (Å²) in [4.78, 5) is 11.1. The Balaban J connectivity index is 3.26. The first kappa shape index (κ1) is 16.5. The Hall–Kier alpha value is -1.60. The van der Waals surface area contributed by atoms with E-state index in [2.05, 4.69) is 0 Å². The third-order valence-electron chi connectivity index (χ3n) is 2.99. The number of rotatable bonds is 6. The molecule has 1 amide bonds. The van der Waals surface area contributed by atoms with Crippen molar-refractivity contribution in [3.05, 3.63) is 23.8 Å². The minimum atomic E-state index is -3.79. The van der Waals surface area contributed by atoms with Gasteiger partial charge in [-0.25, -0.2) is 8.42 Å². The van der Waals surface area contributed by atoms with Gasteiger partial charge in [0.15, 0.2) is 0 Å². The highest BCUT2D eigenvalue weighted by molar-refractivity contribution is 7.89. The van der Waals surface area contributed by atoms with Gasteiger partial charge in [-0.05, 0) is 38.0 Å². The summed E-state index contributed by atoms with van der Waals surface area (Å²) in [5, 5.41) is 0. The number of sulfonamides is 1. The van der Waals surface area contributed by atoms with E-state index in [1.807, 2.05) is 6.92 Å². The van der Waals surface area contributed by atoms with Gasteiger partial charge < -0.3 is 11.5 Å². The Morgan fingerprint density at radius 1 is 1.35 bits per heavy atom. The van der Waals surface area contributed by atoms with Crippen molar-refractivity contribution >= 4 is 21.6 Å². The van der Waals surface area contributed by atoms with Crippen LogP contribution in [0.1, 0.15) is 26.3 Å². The molecule has 0 saturated heterocycles. The maximum atomic E-state index is 12.5. The summed E-state index contributed by atoms with van der Waals surface area (Å²) in [5.41, 5.74) is 12.3. The molecule has 112 valence electrons. The monoisotopic (exact) mass is 299 g/mol. The molecule has 4 N–H and O–H groups in total. The molecule has 0 fully saturated rings. The van der Waals surface area contributed by atoms with E-state index in [1.165, 1.54) is 12.1 Å². The molecule has 0 saturated carbocycles. The lowest BCUT2D eigenvalue weighted by atomic mass is 10.1. The molecule has 0 aliphatic rings. The van der Waals surface area contributed by atoms with Crippen LogP contribution >= 0.6 is 0 Å². The molecule has 0 aliphatic heterocycles. The van der Waals surface area contributed by atoms with Crippen LogP contribution in [0.4, 0.5) is 5.69 Å². The van der Waals surface area contributed by atoms with Crippen molar-refractivity contribution in [2.45, 2.75) is 38.1 Å². The average molecular weight is 299 g/mol. The van der Waals surface area contributed by atoms with Gasteiger partial charge in [0.2, 0.25) is 15.9 Å². The van der Waals surface area contributed by atoms with Crippen LogP contribution in [0.5, 0.6) is 0 Å². The van der Waals surface area contributed by atoms with Gasteiger partial charge in [0.1, 0.15) is 0 Å². The van der Waals surface area contributed by atoms with Crippen molar-refractivity contribution in [1.29, 1.82) is 0 Å². The number of aryl methyl sites for hydroxylation is 1. The summed E-state index contributed by atoms with van der Waals surface area (Å²) in [7, 11) is -3.79. The molecule has 1 rings (SSSR count). The van der Waals surface area contributed by atoms with E-state index in [4.69, 9.17) is 11.5 Å². The number of hydrogen-bond acceptors (Lipinski definition) is 4. The lowest BCUT2D eigenvalue weighted by Crippen LogP contribution is -2.42. The Kier molecular flexibility index (Phi) is 5.13. The van der Waals surface area contributed by atoms with E-state index in [0.29, 0.717) is 5.69 Å². The summed E-state index contributed by atoms with van der Waals surface area (Å²) in [6, 6.07) is 4.23. The highest BCUT2D eigenvalue weighted by Gasteiger charge is 2.28. The second-order valence-electron chi connectivity index (χ2n) is 4.82. The second kappa shape index (κ2) is 6.23. The van der Waals surface area contributed by atoms with Crippen LogP contribution in [0.3, 0.4) is 0 Å². The zero-order chi connectivity index (χ0) is 15.5. The number of amides is 1. The van der Waals surface area contributed by atoms with E-state index in [0.717, 1.165) is 16.3 Å². The molecule has 0 unspecified atom stereocenters. The zero-order valence-corrected chi connectivity index (χ0v) is 12.8. The molecule has 0 spiro atoms. The number of nitrogens with two attached hydrogens (primary N) is 2. The fourth-order valence-electron chi connectivity index (χ4n) is 1.89. The average Bonchev–Trinajstić information content (AvgIpc) is 2.35. The summed E-state index contributed by atoms with van der Waals surface area (Å²) in [6.07, 6.45) is 0.724. The molecular weight excluding hydrogens is 278 g/mol. The molecule has 0 aliphatic carbocycles. The maximum absolute atomic E-state index is 12.5. The number of anilines is 1. The summed E-state index contributed by atoms with van der Waals surface area (Å²) >= 11 is 0. The van der Waals surface area contributed by atoms with Gasteiger partial charge in [0, 0.05) is 11.7 Å². The molecule has 0 atom stereocenters. The quantitative estimate of drug-likeness (QED) is 0.754. The number of nitrogen functional groups attached to an aromatic ring is 1. The molecular formula is C13H21N3O3S. The van der Waals surface area contributed by atoms with Crippen molar-refractivity contribution in [1.82, 2.24) is 4.31 Å². The molecule has 0 bridgehead atoms. The zero-order valence-electron chi connectivity index (χ0n) is 12.0. The molecule has 1 aromatic rings. The smallest absolute Gasteiger partial charge is 0.243 e. The number of benzene rings is 1. The van der Waals surface area contributed by atoms with Crippen molar-refractivity contribution in [2.75, 3.05) is 12.3 Å². The predicted molar refractivity (Wildman–Crippen MR) is 78.5 cm³/mol. The van der Waals surface area contributed by atoms with Crippen LogP contribution in [0, 0.1) is 0 Å². The summed E-state index contributed by atoms with van der Waals surface area (Å²) in [6.45, 7) is 4.96. The van der Waals surface area contributed by atoms with Crippen LogP contribution in [-0.4, -0.2) is 31.2 Å². The van der Waals surface area contributed by atoms with Gasteiger partial charge in [-0.15, -0.1) is 0 Å². The SMILES string of the molecule is CCc1ccc(S(=O)(=O)N(CC(N)=O)C(C)C)cc1N. The van der Waals surface area contributed by atoms with Gasteiger partial charge in [0.05, 0.1) is 11.4 Å². The minimum absolute atomic E-state index is 0.0714. The number of nitrogens with zero attached hydrogens (tertiary/aromatic N) is 1. The van der Waals surface area contributed by atoms with Gasteiger partial charge in [0.25, 0.3) is 0 Å². The van der Waals surface area contributed by atoms with Crippen molar-refractivity contribution in [3.63, 3.8) is 0 Å². The maximum Gasteiger partial charge on any atom is 0.243 e. The Morgan fingerprint density at radius 3 is 2.35 bits per heavy atom. The van der Waals surface area contributed by atoms with Crippen LogP contribution in [0.15, 0.2) is 23.1 Å². The molecule has 1 aromatic carbocycles. The first-order chi connectivity index (χ1) is 9.20. The predicted octanol–water partition coefficient (Wildman–Crippen LogP) is 0.716. The minimum Gasteiger partial charge on any atom is -0.398 e. The fraction of sp³-hybridized carbons (Fsp3) is 0.462. The van der Waals surface area contributed by atoms with E-state index in [-0.39, 0.29) is 17.5 Å². The van der Waals surface area contributed by atoms with Crippen molar-refractivity contribution in [3.8, 4) is 0 Å². The van der Waals surface area contributed by atoms with Gasteiger partial charge in [-0.3, -0.25) is 4.79 Å². The van der Waals surface area contributed by atoms with Crippen molar-refractivity contribution in [2.24, 2.45) is 5.73 Å². The number of carbonyl (C=O) groups is 1. The second-order valence-corrected chi connectivity index (χ2v) is 6.72. The van der Waals surface area contributed by atoms with Crippen LogP contribution in [-0.2, 0) is 21.2 Å². The first-order valence-corrected chi connectivity index (χ1v) is 7.82. The number of carbonyl (C=O) groups excluding carboxylic acids is 1.